The number of aliphatic hydroxyl groups is 3. The number of esters is 2. The van der Waals surface area contributed by atoms with E-state index in [0.29, 0.717) is 24.0 Å². The second-order valence-electron chi connectivity index (χ2n) is 24.9. The SMILES string of the molecule is CC[C@H](O)[C@@H](C)[C@H]1O[C@@H]1C[C@@](C)(O)/C=C/C=C(\C)[C@H]1OC(=O)C[C@H](O)CC[C@@](C)(OC(C)=O)[C@@H](OC(=O)N2CCN(C(=O)OCc3ccc(NC(=O)[C@@H](CC(N)=O)NC(=O)[C@@H](C)NC(=O)[C@H](C)NC(=O)OCC4c5ccccc5-c5ccccc54)cc3)CC2)/C=C\[C@@H]1C. The molecule has 0 spiro atoms. The molecule has 2 saturated heterocycles. The van der Waals surface area contributed by atoms with Crippen molar-refractivity contribution in [1.29, 1.82) is 0 Å². The first-order valence-corrected chi connectivity index (χ1v) is 31.5. The van der Waals surface area contributed by atoms with E-state index in [1.54, 1.807) is 70.2 Å². The average Bonchev–Trinajstić information content (AvgIpc) is 1.64. The summed E-state index contributed by atoms with van der Waals surface area (Å²) in [7, 11) is 0. The lowest BCUT2D eigenvalue weighted by Crippen LogP contribution is -2.55. The van der Waals surface area contributed by atoms with E-state index in [-0.39, 0.29) is 88.4 Å². The number of epoxide rings is 1. The molecule has 0 saturated carbocycles. The number of cyclic esters (lactones) is 1. The molecule has 9 N–H and O–H groups in total. The number of fused-ring (bicyclic) bond motifs is 3. The number of amides is 7. The molecule has 13 atom stereocenters. The Morgan fingerprint density at radius 3 is 2.04 bits per heavy atom. The number of nitrogens with two attached hydrogens (primary N) is 1. The number of hydrogen-bond donors (Lipinski definition) is 8. The Hall–Kier alpha value is -8.65. The molecule has 0 radical (unpaired) electrons. The molecule has 3 aliphatic heterocycles. The molecule has 0 aromatic heterocycles. The third-order valence-corrected chi connectivity index (χ3v) is 17.2. The summed E-state index contributed by atoms with van der Waals surface area (Å²) in [4.78, 5) is 121. The van der Waals surface area contributed by atoms with Crippen molar-refractivity contribution in [1.82, 2.24) is 25.8 Å². The molecule has 504 valence electrons. The summed E-state index contributed by atoms with van der Waals surface area (Å²) in [6, 6.07) is 18.1. The maximum absolute atomic E-state index is 14.0. The van der Waals surface area contributed by atoms with Gasteiger partial charge in [-0.1, -0.05) is 106 Å². The second kappa shape index (κ2) is 32.3. The molecule has 3 heterocycles. The standard InChI is InChI=1S/C68H89N7O18/c1-10-54(78)41(4)60-55(90-60)36-67(8,87)28-15-16-39(2)59-40(3)21-26-56(68(9,93-44(7)76)29-27-47(77)34-58(80)92-59)91-66(86)75-32-30-74(31-33-75)65(85)89-37-45-22-24-46(25-23-45)72-63(83)53(35-57(69)79)73-62(82)42(5)70-61(81)43(6)71-64(84)88-38-52-50-19-13-11-17-48(50)49-18-12-14-20-51(49)52/h11-26,28,40-43,47,52-56,59-60,77-78,87H,10,27,29-38H2,1-9H3,(H2,69,79)(H,70,81)(H,71,84)(H,72,83)(H,73,82)/b26-21-,28-15+,39-16+/t40-,41+,42+,43-,47+,53+,54-,55+,56-,59+,60+,67-,68+/m0/s1. The Morgan fingerprint density at radius 2 is 1.43 bits per heavy atom. The lowest BCUT2D eigenvalue weighted by molar-refractivity contribution is -0.168. The van der Waals surface area contributed by atoms with Gasteiger partial charge < -0.3 is 80.5 Å². The van der Waals surface area contributed by atoms with Gasteiger partial charge in [0.25, 0.3) is 0 Å². The summed E-state index contributed by atoms with van der Waals surface area (Å²) < 4.78 is 34.8. The highest BCUT2D eigenvalue weighted by Gasteiger charge is 2.48. The molecule has 2 fully saturated rings. The predicted molar refractivity (Wildman–Crippen MR) is 340 cm³/mol. The van der Waals surface area contributed by atoms with Crippen molar-refractivity contribution in [3.8, 4) is 11.1 Å². The highest BCUT2D eigenvalue weighted by molar-refractivity contribution is 6.00. The zero-order chi connectivity index (χ0) is 67.9. The molecule has 4 aliphatic rings. The number of ether oxygens (including phenoxy) is 6. The Labute approximate surface area is 541 Å². The first-order valence-electron chi connectivity index (χ1n) is 31.5. The molecule has 3 aromatic rings. The zero-order valence-corrected chi connectivity index (χ0v) is 54.2. The first-order chi connectivity index (χ1) is 44.0. The number of anilines is 1. The van der Waals surface area contributed by atoms with Crippen molar-refractivity contribution in [2.45, 2.75) is 179 Å². The molecule has 0 bridgehead atoms. The quantitative estimate of drug-likeness (QED) is 0.0178. The second-order valence-corrected chi connectivity index (χ2v) is 24.9. The predicted octanol–water partition coefficient (Wildman–Crippen LogP) is 5.97. The van der Waals surface area contributed by atoms with Crippen LogP contribution in [-0.2, 0) is 63.8 Å². The topological polar surface area (TPSA) is 354 Å². The van der Waals surface area contributed by atoms with Gasteiger partial charge in [-0.2, -0.15) is 0 Å². The summed E-state index contributed by atoms with van der Waals surface area (Å²) in [5.41, 5.74) is 8.20. The van der Waals surface area contributed by atoms with Crippen LogP contribution in [0.4, 0.5) is 20.1 Å². The van der Waals surface area contributed by atoms with Gasteiger partial charge in [0.05, 0.1) is 42.9 Å². The smallest absolute Gasteiger partial charge is 0.410 e. The number of piperazine rings is 1. The number of alkyl carbamates (subject to hydrolysis) is 1. The zero-order valence-electron chi connectivity index (χ0n) is 54.2. The number of carbonyl (C=O) groups is 9. The Bertz CT molecular complexity index is 3230. The fourth-order valence-electron chi connectivity index (χ4n) is 11.6. The third-order valence-electron chi connectivity index (χ3n) is 17.2. The van der Waals surface area contributed by atoms with Crippen molar-refractivity contribution in [3.05, 3.63) is 125 Å². The molecule has 7 rings (SSSR count). The minimum Gasteiger partial charge on any atom is -0.457 e. The van der Waals surface area contributed by atoms with Crippen LogP contribution in [0.5, 0.6) is 0 Å². The number of nitrogens with zero attached hydrogens (tertiary/aromatic N) is 2. The van der Waals surface area contributed by atoms with Crippen molar-refractivity contribution in [2.24, 2.45) is 17.6 Å². The number of rotatable bonds is 23. The van der Waals surface area contributed by atoms with Crippen molar-refractivity contribution in [3.63, 3.8) is 0 Å². The van der Waals surface area contributed by atoms with Crippen LogP contribution in [0.15, 0.2) is 109 Å². The molecular weight excluding hydrogens is 1200 g/mol. The fourth-order valence-corrected chi connectivity index (χ4v) is 11.6. The van der Waals surface area contributed by atoms with Gasteiger partial charge in [-0.25, -0.2) is 14.4 Å². The minimum absolute atomic E-state index is 0.0101. The van der Waals surface area contributed by atoms with Crippen LogP contribution >= 0.6 is 0 Å². The van der Waals surface area contributed by atoms with Crippen LogP contribution in [0.1, 0.15) is 123 Å². The van der Waals surface area contributed by atoms with Crippen LogP contribution in [-0.4, -0.2) is 178 Å². The van der Waals surface area contributed by atoms with Crippen LogP contribution < -0.4 is 27.0 Å². The van der Waals surface area contributed by atoms with E-state index in [9.17, 15) is 58.5 Å². The van der Waals surface area contributed by atoms with E-state index in [0.717, 1.165) is 22.3 Å². The molecule has 7 amide bonds. The summed E-state index contributed by atoms with van der Waals surface area (Å²) in [6.45, 7) is 14.6. The highest BCUT2D eigenvalue weighted by atomic mass is 16.6. The number of benzene rings is 3. The van der Waals surface area contributed by atoms with E-state index >= 15 is 0 Å². The normalized spacial score (nSPS) is 24.2. The van der Waals surface area contributed by atoms with E-state index < -0.39 is 120 Å². The summed E-state index contributed by atoms with van der Waals surface area (Å²) in [6.07, 6.45) is 1.71. The van der Waals surface area contributed by atoms with Gasteiger partial charge in [0.1, 0.15) is 43.0 Å². The van der Waals surface area contributed by atoms with Gasteiger partial charge in [-0.15, -0.1) is 0 Å². The van der Waals surface area contributed by atoms with Crippen LogP contribution in [0.2, 0.25) is 0 Å². The van der Waals surface area contributed by atoms with E-state index in [2.05, 4.69) is 21.3 Å². The number of aliphatic hydroxyl groups excluding tert-OH is 2. The van der Waals surface area contributed by atoms with Gasteiger partial charge in [0, 0.05) is 63.0 Å². The molecule has 3 aromatic carbocycles. The number of carbonyl (C=O) groups excluding carboxylic acids is 9. The molecule has 93 heavy (non-hydrogen) atoms. The Morgan fingerprint density at radius 1 is 0.828 bits per heavy atom. The number of primary amides is 1. The fraction of sp³-hybridized carbons (Fsp3) is 0.515. The lowest BCUT2D eigenvalue weighted by Gasteiger charge is -2.38. The van der Waals surface area contributed by atoms with Gasteiger partial charge >= 0.3 is 30.2 Å². The molecule has 25 nitrogen and oxygen atoms in total. The Balaban J connectivity index is 0.871. The van der Waals surface area contributed by atoms with Crippen molar-refractivity contribution >= 4 is 59.5 Å². The average molecular weight is 1290 g/mol. The number of allylic oxidation sites excluding steroid dienone is 2. The summed E-state index contributed by atoms with van der Waals surface area (Å²) in [5.74, 6) is -5.41. The number of nitrogens with one attached hydrogen (secondary N) is 4. The van der Waals surface area contributed by atoms with Crippen LogP contribution in [0.25, 0.3) is 11.1 Å². The molecule has 0 unspecified atom stereocenters. The van der Waals surface area contributed by atoms with Crippen LogP contribution in [0.3, 0.4) is 0 Å². The summed E-state index contributed by atoms with van der Waals surface area (Å²) >= 11 is 0. The Kier molecular flexibility index (Phi) is 24.9. The van der Waals surface area contributed by atoms with Gasteiger partial charge in [-0.05, 0) is 105 Å². The molecule has 25 heteroatoms. The van der Waals surface area contributed by atoms with Crippen molar-refractivity contribution < 1.29 is 86.9 Å². The maximum atomic E-state index is 14.0. The highest BCUT2D eigenvalue weighted by Crippen LogP contribution is 2.45. The van der Waals surface area contributed by atoms with Crippen molar-refractivity contribution in [2.75, 3.05) is 38.1 Å². The lowest BCUT2D eigenvalue weighted by atomic mass is 9.88. The van der Waals surface area contributed by atoms with Crippen LogP contribution in [0, 0.1) is 11.8 Å². The molecule has 1 aliphatic carbocycles. The third kappa shape index (κ3) is 20.2. The van der Waals surface area contributed by atoms with Gasteiger partial charge in [-0.3, -0.25) is 28.8 Å². The van der Waals surface area contributed by atoms with E-state index in [4.69, 9.17) is 34.2 Å². The minimum atomic E-state index is -1.51. The number of hydrogen-bond acceptors (Lipinski definition) is 18. The van der Waals surface area contributed by atoms with Gasteiger partial charge in [0.15, 0.2) is 6.10 Å². The first kappa shape index (κ1) is 71.8. The largest absolute Gasteiger partial charge is 0.457 e. The maximum Gasteiger partial charge on any atom is 0.410 e. The monoisotopic (exact) mass is 1290 g/mol. The summed E-state index contributed by atoms with van der Waals surface area (Å²) in [5, 5.41) is 42.5. The van der Waals surface area contributed by atoms with Gasteiger partial charge in [0.2, 0.25) is 23.6 Å². The van der Waals surface area contributed by atoms with E-state index in [1.165, 1.54) is 42.7 Å². The van der Waals surface area contributed by atoms with E-state index in [1.807, 2.05) is 62.4 Å². The molecular formula is C68H89N7O18.